The van der Waals surface area contributed by atoms with E-state index in [0.717, 1.165) is 16.1 Å². The molecule has 2 rings (SSSR count). The summed E-state index contributed by atoms with van der Waals surface area (Å²) in [6.07, 6.45) is 1.76. The van der Waals surface area contributed by atoms with Crippen LogP contribution in [-0.4, -0.2) is 11.1 Å². The summed E-state index contributed by atoms with van der Waals surface area (Å²) in [6.45, 7) is 1.81. The van der Waals surface area contributed by atoms with E-state index in [-0.39, 0.29) is 5.69 Å². The lowest BCUT2D eigenvalue weighted by Gasteiger charge is -1.98. The quantitative estimate of drug-likeness (QED) is 0.471. The summed E-state index contributed by atoms with van der Waals surface area (Å²) < 4.78 is 0. The molecule has 1 heterocycles. The van der Waals surface area contributed by atoms with Crippen LogP contribution in [0.3, 0.4) is 0 Å². The summed E-state index contributed by atoms with van der Waals surface area (Å²) in [5.74, 6) is 0. The minimum absolute atomic E-state index is 0.0950. The average molecular weight is 246 g/mol. The van der Waals surface area contributed by atoms with Crippen molar-refractivity contribution in [2.24, 2.45) is 4.99 Å². The lowest BCUT2D eigenvalue weighted by Crippen LogP contribution is -1.88. The number of hydrogen-bond acceptors (Lipinski definition) is 4. The fourth-order valence-corrected chi connectivity index (χ4v) is 1.98. The molecule has 0 saturated heterocycles. The fraction of sp³-hybridized carbons (Fsp3) is 0.0833. The van der Waals surface area contributed by atoms with Crippen LogP contribution in [0.2, 0.25) is 0 Å². The first kappa shape index (κ1) is 11.5. The molecule has 4 nitrogen and oxygen atoms in total. The maximum absolute atomic E-state index is 10.6. The number of nitro groups is 1. The van der Waals surface area contributed by atoms with Crippen molar-refractivity contribution >= 4 is 28.9 Å². The lowest BCUT2D eigenvalue weighted by molar-refractivity contribution is -0.384. The van der Waals surface area contributed by atoms with Crippen LogP contribution >= 0.6 is 11.3 Å². The molecule has 17 heavy (non-hydrogen) atoms. The van der Waals surface area contributed by atoms with Gasteiger partial charge in [0, 0.05) is 23.2 Å². The topological polar surface area (TPSA) is 55.5 Å². The third-order valence-electron chi connectivity index (χ3n) is 2.27. The highest BCUT2D eigenvalue weighted by Gasteiger charge is 2.06. The molecule has 0 radical (unpaired) electrons. The van der Waals surface area contributed by atoms with Crippen molar-refractivity contribution < 1.29 is 4.92 Å². The molecule has 0 saturated carbocycles. The van der Waals surface area contributed by atoms with Crippen molar-refractivity contribution in [2.75, 3.05) is 0 Å². The van der Waals surface area contributed by atoms with E-state index in [2.05, 4.69) is 4.99 Å². The molecule has 0 fully saturated rings. The van der Waals surface area contributed by atoms with Crippen molar-refractivity contribution in [1.29, 1.82) is 0 Å². The number of hydrogen-bond donors (Lipinski definition) is 0. The molecule has 0 spiro atoms. The van der Waals surface area contributed by atoms with E-state index in [9.17, 15) is 10.1 Å². The van der Waals surface area contributed by atoms with E-state index in [1.807, 2.05) is 24.4 Å². The third-order valence-corrected chi connectivity index (χ3v) is 3.07. The Hall–Kier alpha value is -2.01. The Balaban J connectivity index is 2.25. The first-order chi connectivity index (χ1) is 8.16. The highest BCUT2D eigenvalue weighted by molar-refractivity contribution is 7.11. The van der Waals surface area contributed by atoms with Gasteiger partial charge in [0.1, 0.15) is 0 Å². The second kappa shape index (κ2) is 4.88. The maximum atomic E-state index is 10.6. The number of benzene rings is 1. The first-order valence-corrected chi connectivity index (χ1v) is 5.87. The summed E-state index contributed by atoms with van der Waals surface area (Å²) in [4.78, 5) is 15.5. The Labute approximate surface area is 102 Å². The molecule has 86 valence electrons. The van der Waals surface area contributed by atoms with Gasteiger partial charge in [-0.3, -0.25) is 15.1 Å². The monoisotopic (exact) mass is 246 g/mol. The Kier molecular flexibility index (Phi) is 3.30. The summed E-state index contributed by atoms with van der Waals surface area (Å²) in [5.41, 5.74) is 1.65. The molecule has 0 unspecified atom stereocenters. The average Bonchev–Trinajstić information content (AvgIpc) is 2.80. The number of rotatable bonds is 3. The van der Waals surface area contributed by atoms with Crippen molar-refractivity contribution in [3.63, 3.8) is 0 Å². The summed E-state index contributed by atoms with van der Waals surface area (Å²) in [7, 11) is 0. The molecule has 1 aromatic carbocycles. The second-order valence-corrected chi connectivity index (χ2v) is 4.48. The molecule has 0 bridgehead atoms. The molecule has 0 amide bonds. The van der Waals surface area contributed by atoms with Gasteiger partial charge in [-0.25, -0.2) is 0 Å². The van der Waals surface area contributed by atoms with Crippen molar-refractivity contribution in [1.82, 2.24) is 0 Å². The van der Waals surface area contributed by atoms with E-state index in [0.29, 0.717) is 0 Å². The van der Waals surface area contributed by atoms with E-state index >= 15 is 0 Å². The molecule has 1 aromatic heterocycles. The number of aryl methyl sites for hydroxylation is 1. The number of nitro benzene ring substituents is 1. The predicted octanol–water partition coefficient (Wildman–Crippen LogP) is 3.72. The van der Waals surface area contributed by atoms with Crippen LogP contribution < -0.4 is 0 Å². The lowest BCUT2D eigenvalue weighted by atomic mass is 10.2. The second-order valence-electron chi connectivity index (χ2n) is 3.50. The summed E-state index contributed by atoms with van der Waals surface area (Å²) in [6, 6.07) is 8.58. The minimum atomic E-state index is -0.403. The largest absolute Gasteiger partial charge is 0.269 e. The van der Waals surface area contributed by atoms with E-state index < -0.39 is 4.92 Å². The van der Waals surface area contributed by atoms with E-state index in [4.69, 9.17) is 0 Å². The highest BCUT2D eigenvalue weighted by atomic mass is 32.1. The molecular formula is C12H10N2O2S. The van der Waals surface area contributed by atoms with Crippen molar-refractivity contribution in [3.8, 4) is 0 Å². The van der Waals surface area contributed by atoms with Crippen LogP contribution in [0.1, 0.15) is 10.4 Å². The zero-order valence-corrected chi connectivity index (χ0v) is 9.98. The number of aliphatic imine (C=N–C) groups is 1. The van der Waals surface area contributed by atoms with Gasteiger partial charge in [0.25, 0.3) is 5.69 Å². The zero-order valence-electron chi connectivity index (χ0n) is 9.16. The standard InChI is InChI=1S/C12H10N2O2S/c1-9-7-10(14(15)16)4-5-12(9)13-8-11-3-2-6-17-11/h2-8H,1H3. The van der Waals surface area contributed by atoms with E-state index in [1.165, 1.54) is 12.1 Å². The summed E-state index contributed by atoms with van der Waals surface area (Å²) >= 11 is 1.60. The third kappa shape index (κ3) is 2.76. The van der Waals surface area contributed by atoms with Gasteiger partial charge >= 0.3 is 0 Å². The zero-order chi connectivity index (χ0) is 12.3. The molecule has 2 aromatic rings. The minimum Gasteiger partial charge on any atom is -0.258 e. The highest BCUT2D eigenvalue weighted by Crippen LogP contribution is 2.23. The van der Waals surface area contributed by atoms with Gasteiger partial charge in [-0.15, -0.1) is 11.3 Å². The molecule has 0 N–H and O–H groups in total. The number of thiophene rings is 1. The molecular weight excluding hydrogens is 236 g/mol. The maximum Gasteiger partial charge on any atom is 0.269 e. The Morgan fingerprint density at radius 2 is 2.24 bits per heavy atom. The van der Waals surface area contributed by atoms with Crippen molar-refractivity contribution in [2.45, 2.75) is 6.92 Å². The Morgan fingerprint density at radius 1 is 1.41 bits per heavy atom. The molecule has 0 aliphatic rings. The smallest absolute Gasteiger partial charge is 0.258 e. The van der Waals surface area contributed by atoms with Gasteiger partial charge in [0.2, 0.25) is 0 Å². The number of non-ortho nitro benzene ring substituents is 1. The first-order valence-electron chi connectivity index (χ1n) is 4.99. The van der Waals surface area contributed by atoms with Crippen LogP contribution in [0.4, 0.5) is 11.4 Å². The Morgan fingerprint density at radius 3 is 2.82 bits per heavy atom. The van der Waals surface area contributed by atoms with Crippen LogP contribution in [0.5, 0.6) is 0 Å². The molecule has 0 aliphatic carbocycles. The van der Waals surface area contributed by atoms with Crippen LogP contribution in [0, 0.1) is 17.0 Å². The molecule has 0 aliphatic heterocycles. The van der Waals surface area contributed by atoms with Crippen LogP contribution in [-0.2, 0) is 0 Å². The van der Waals surface area contributed by atoms with Gasteiger partial charge < -0.3 is 0 Å². The van der Waals surface area contributed by atoms with Crippen LogP contribution in [0.15, 0.2) is 40.7 Å². The SMILES string of the molecule is Cc1cc([N+](=O)[O-])ccc1N=Cc1cccs1. The normalized spacial score (nSPS) is 10.9. The van der Waals surface area contributed by atoms with Gasteiger partial charge in [-0.1, -0.05) is 6.07 Å². The fourth-order valence-electron chi connectivity index (χ4n) is 1.40. The predicted molar refractivity (Wildman–Crippen MR) is 69.4 cm³/mol. The van der Waals surface area contributed by atoms with Crippen LogP contribution in [0.25, 0.3) is 0 Å². The van der Waals surface area contributed by atoms with Crippen molar-refractivity contribution in [3.05, 3.63) is 56.3 Å². The number of nitrogens with zero attached hydrogens (tertiary/aromatic N) is 2. The molecule has 5 heteroatoms. The van der Waals surface area contributed by atoms with Gasteiger partial charge in [0.15, 0.2) is 0 Å². The van der Waals surface area contributed by atoms with E-state index in [1.54, 1.807) is 23.6 Å². The van der Waals surface area contributed by atoms with Gasteiger partial charge in [0.05, 0.1) is 10.6 Å². The Bertz CT molecular complexity index is 562. The molecule has 0 atom stereocenters. The van der Waals surface area contributed by atoms with Gasteiger partial charge in [-0.2, -0.15) is 0 Å². The van der Waals surface area contributed by atoms with Gasteiger partial charge in [-0.05, 0) is 30.0 Å². The summed E-state index contributed by atoms with van der Waals surface area (Å²) in [5, 5.41) is 12.6.